The number of carbonyl (C=O) groups excluding carboxylic acids is 2. The van der Waals surface area contributed by atoms with Crippen molar-refractivity contribution in [2.45, 2.75) is 64.6 Å². The quantitative estimate of drug-likeness (QED) is 0.304. The van der Waals surface area contributed by atoms with Crippen molar-refractivity contribution in [1.29, 1.82) is 0 Å². The Bertz CT molecular complexity index is 1410. The van der Waals surface area contributed by atoms with E-state index >= 15 is 0 Å². The zero-order valence-electron chi connectivity index (χ0n) is 24.1. The van der Waals surface area contributed by atoms with Crippen molar-refractivity contribution in [2.24, 2.45) is 0 Å². The molecule has 220 valence electrons. The van der Waals surface area contributed by atoms with Crippen molar-refractivity contribution in [3.05, 3.63) is 89.7 Å². The molecule has 0 unspecified atom stereocenters. The van der Waals surface area contributed by atoms with Gasteiger partial charge in [-0.1, -0.05) is 36.8 Å². The van der Waals surface area contributed by atoms with Gasteiger partial charge in [0, 0.05) is 12.6 Å². The monoisotopic (exact) mass is 583 g/mol. The van der Waals surface area contributed by atoms with Crippen LogP contribution in [0.5, 0.6) is 5.75 Å². The van der Waals surface area contributed by atoms with Gasteiger partial charge in [-0.3, -0.25) is 13.9 Å². The Hall–Kier alpha value is -3.92. The minimum atomic E-state index is -4.27. The number of nitrogens with one attached hydrogen (secondary N) is 1. The summed E-state index contributed by atoms with van der Waals surface area (Å²) in [5.74, 6) is -0.946. The summed E-state index contributed by atoms with van der Waals surface area (Å²) in [4.78, 5) is 28.5. The van der Waals surface area contributed by atoms with E-state index in [-0.39, 0.29) is 29.1 Å². The van der Waals surface area contributed by atoms with Crippen molar-refractivity contribution in [3.8, 4) is 5.75 Å². The third-order valence-corrected chi connectivity index (χ3v) is 8.19. The maximum atomic E-state index is 14.0. The van der Waals surface area contributed by atoms with Crippen LogP contribution in [-0.2, 0) is 26.2 Å². The van der Waals surface area contributed by atoms with E-state index in [0.717, 1.165) is 27.6 Å². The Morgan fingerprint density at radius 3 is 2.07 bits per heavy atom. The molecule has 0 aromatic heterocycles. The molecular formula is C31H38FN3O5S. The second-order valence-corrected chi connectivity index (χ2v) is 11.8. The van der Waals surface area contributed by atoms with E-state index in [1.54, 1.807) is 6.92 Å². The second-order valence-electron chi connectivity index (χ2n) is 9.99. The Balaban J connectivity index is 2.04. The summed E-state index contributed by atoms with van der Waals surface area (Å²) in [6.07, 6.45) is 0.318. The molecule has 3 aromatic rings. The summed E-state index contributed by atoms with van der Waals surface area (Å²) in [5.41, 5.74) is 1.95. The standard InChI is InChI=1S/C31H38FN3O5S/c1-6-29(31(37)33-22(3)4)34(20-24-10-8-23(5)9-11-24)30(36)21-35(26-14-12-25(32)13-15-26)41(38,39)28-18-16-27(17-19-28)40-7-2/h8-19,22,29H,6-7,20-21H2,1-5H3,(H,33,37)/t29-/m0/s1. The summed E-state index contributed by atoms with van der Waals surface area (Å²) in [5, 5.41) is 2.87. The van der Waals surface area contributed by atoms with Crippen molar-refractivity contribution in [1.82, 2.24) is 10.2 Å². The second kappa shape index (κ2) is 14.1. The highest BCUT2D eigenvalue weighted by Gasteiger charge is 2.34. The van der Waals surface area contributed by atoms with E-state index in [4.69, 9.17) is 4.74 Å². The molecule has 0 heterocycles. The molecule has 2 amide bonds. The van der Waals surface area contributed by atoms with Crippen LogP contribution < -0.4 is 14.4 Å². The number of sulfonamides is 1. The summed E-state index contributed by atoms with van der Waals surface area (Å²) in [6, 6.07) is 17.3. The smallest absolute Gasteiger partial charge is 0.264 e. The molecule has 10 heteroatoms. The molecule has 8 nitrogen and oxygen atoms in total. The highest BCUT2D eigenvalue weighted by molar-refractivity contribution is 7.92. The average molecular weight is 584 g/mol. The van der Waals surface area contributed by atoms with E-state index in [1.807, 2.05) is 52.0 Å². The number of aryl methyl sites for hydroxylation is 1. The van der Waals surface area contributed by atoms with Crippen LogP contribution in [0.25, 0.3) is 0 Å². The zero-order valence-corrected chi connectivity index (χ0v) is 24.9. The molecular weight excluding hydrogens is 545 g/mol. The highest BCUT2D eigenvalue weighted by Crippen LogP contribution is 2.26. The van der Waals surface area contributed by atoms with Crippen LogP contribution in [0, 0.1) is 12.7 Å². The molecule has 0 aliphatic carbocycles. The predicted molar refractivity (Wildman–Crippen MR) is 158 cm³/mol. The van der Waals surface area contributed by atoms with Crippen LogP contribution in [-0.4, -0.2) is 50.4 Å². The van der Waals surface area contributed by atoms with Gasteiger partial charge in [-0.25, -0.2) is 12.8 Å². The molecule has 3 rings (SSSR count). The van der Waals surface area contributed by atoms with Gasteiger partial charge in [0.2, 0.25) is 11.8 Å². The van der Waals surface area contributed by atoms with Crippen LogP contribution in [0.4, 0.5) is 10.1 Å². The van der Waals surface area contributed by atoms with Gasteiger partial charge in [-0.15, -0.1) is 0 Å². The Kier molecular flexibility index (Phi) is 10.9. The highest BCUT2D eigenvalue weighted by atomic mass is 32.2. The maximum absolute atomic E-state index is 14.0. The predicted octanol–water partition coefficient (Wildman–Crippen LogP) is 5.06. The van der Waals surface area contributed by atoms with Gasteiger partial charge in [-0.05, 0) is 88.2 Å². The molecule has 3 aromatic carbocycles. The fourth-order valence-electron chi connectivity index (χ4n) is 4.33. The molecule has 0 saturated carbocycles. The van der Waals surface area contributed by atoms with Crippen molar-refractivity contribution in [3.63, 3.8) is 0 Å². The molecule has 0 aliphatic heterocycles. The first-order valence-corrected chi connectivity index (χ1v) is 15.1. The van der Waals surface area contributed by atoms with Crippen LogP contribution in [0.15, 0.2) is 77.7 Å². The van der Waals surface area contributed by atoms with E-state index in [0.29, 0.717) is 18.8 Å². The first-order valence-electron chi connectivity index (χ1n) is 13.6. The van der Waals surface area contributed by atoms with Gasteiger partial charge in [0.1, 0.15) is 24.2 Å². The molecule has 41 heavy (non-hydrogen) atoms. The van der Waals surface area contributed by atoms with Gasteiger partial charge in [0.05, 0.1) is 17.2 Å². The Morgan fingerprint density at radius 2 is 1.54 bits per heavy atom. The van der Waals surface area contributed by atoms with E-state index in [2.05, 4.69) is 5.32 Å². The van der Waals surface area contributed by atoms with Crippen LogP contribution in [0.2, 0.25) is 0 Å². The number of hydrogen-bond donors (Lipinski definition) is 1. The van der Waals surface area contributed by atoms with Gasteiger partial charge < -0.3 is 15.0 Å². The summed E-state index contributed by atoms with van der Waals surface area (Å²) in [6.45, 7) is 9.15. The van der Waals surface area contributed by atoms with Crippen molar-refractivity contribution < 1.29 is 27.1 Å². The van der Waals surface area contributed by atoms with Crippen LogP contribution in [0.3, 0.4) is 0 Å². The number of nitrogens with zero attached hydrogens (tertiary/aromatic N) is 2. The molecule has 0 bridgehead atoms. The fraction of sp³-hybridized carbons (Fsp3) is 0.355. The van der Waals surface area contributed by atoms with Crippen molar-refractivity contribution >= 4 is 27.5 Å². The number of hydrogen-bond acceptors (Lipinski definition) is 5. The normalized spacial score (nSPS) is 12.1. The largest absolute Gasteiger partial charge is 0.494 e. The zero-order chi connectivity index (χ0) is 30.2. The van der Waals surface area contributed by atoms with Crippen LogP contribution in [0.1, 0.15) is 45.2 Å². The van der Waals surface area contributed by atoms with Gasteiger partial charge >= 0.3 is 0 Å². The maximum Gasteiger partial charge on any atom is 0.264 e. The number of amides is 2. The molecule has 1 atom stereocenters. The van der Waals surface area contributed by atoms with E-state index in [9.17, 15) is 22.4 Å². The lowest BCUT2D eigenvalue weighted by Gasteiger charge is -2.33. The lowest BCUT2D eigenvalue weighted by Crippen LogP contribution is -2.53. The number of rotatable bonds is 13. The minimum absolute atomic E-state index is 0.0623. The first kappa shape index (κ1) is 31.6. The average Bonchev–Trinajstić information content (AvgIpc) is 2.93. The topological polar surface area (TPSA) is 96.0 Å². The lowest BCUT2D eigenvalue weighted by atomic mass is 10.1. The number of carbonyl (C=O) groups is 2. The van der Waals surface area contributed by atoms with Gasteiger partial charge in [0.15, 0.2) is 0 Å². The molecule has 1 N–H and O–H groups in total. The lowest BCUT2D eigenvalue weighted by molar-refractivity contribution is -0.140. The molecule has 0 aliphatic rings. The van der Waals surface area contributed by atoms with Gasteiger partial charge in [0.25, 0.3) is 10.0 Å². The number of halogens is 1. The molecule has 0 fully saturated rings. The molecule has 0 spiro atoms. The summed E-state index contributed by atoms with van der Waals surface area (Å²) < 4.78 is 48.0. The fourth-order valence-corrected chi connectivity index (χ4v) is 5.74. The van der Waals surface area contributed by atoms with E-state index < -0.39 is 34.3 Å². The molecule has 0 saturated heterocycles. The van der Waals surface area contributed by atoms with E-state index in [1.165, 1.54) is 41.3 Å². The third kappa shape index (κ3) is 8.29. The number of anilines is 1. The third-order valence-electron chi connectivity index (χ3n) is 6.41. The van der Waals surface area contributed by atoms with Crippen LogP contribution >= 0.6 is 0 Å². The number of ether oxygens (including phenoxy) is 1. The Labute approximate surface area is 242 Å². The molecule has 0 radical (unpaired) electrons. The summed E-state index contributed by atoms with van der Waals surface area (Å²) in [7, 11) is -4.27. The minimum Gasteiger partial charge on any atom is -0.494 e. The number of benzene rings is 3. The first-order chi connectivity index (χ1) is 19.5. The Morgan fingerprint density at radius 1 is 0.927 bits per heavy atom. The SMILES string of the molecule is CCOc1ccc(S(=O)(=O)N(CC(=O)N(Cc2ccc(C)cc2)[C@@H](CC)C(=O)NC(C)C)c2ccc(F)cc2)cc1. The van der Waals surface area contributed by atoms with Crippen molar-refractivity contribution in [2.75, 3.05) is 17.5 Å². The summed E-state index contributed by atoms with van der Waals surface area (Å²) >= 11 is 0. The van der Waals surface area contributed by atoms with Gasteiger partial charge in [-0.2, -0.15) is 0 Å².